The number of aromatic hydroxyl groups is 1. The number of likely N-dealkylation sites (tertiary alicyclic amines) is 1. The van der Waals surface area contributed by atoms with Crippen LogP contribution in [0.25, 0.3) is 0 Å². The monoisotopic (exact) mass is 412 g/mol. The number of benzene rings is 1. The van der Waals surface area contributed by atoms with E-state index in [4.69, 9.17) is 4.74 Å². The highest BCUT2D eigenvalue weighted by atomic mass is 32.1. The van der Waals surface area contributed by atoms with Gasteiger partial charge in [-0.15, -0.1) is 11.3 Å². The first kappa shape index (κ1) is 18.6. The Hall–Kier alpha value is -2.38. The zero-order valence-electron chi connectivity index (χ0n) is 16.2. The molecule has 152 valence electrons. The van der Waals surface area contributed by atoms with Crippen molar-refractivity contribution in [2.75, 3.05) is 31.1 Å². The van der Waals surface area contributed by atoms with Gasteiger partial charge in [0, 0.05) is 49.1 Å². The highest BCUT2D eigenvalue weighted by Crippen LogP contribution is 2.43. The smallest absolute Gasteiger partial charge is 0.228 e. The molecule has 3 aliphatic rings. The molecule has 1 spiro atoms. The van der Waals surface area contributed by atoms with Crippen molar-refractivity contribution in [3.05, 3.63) is 46.2 Å². The van der Waals surface area contributed by atoms with Crippen molar-refractivity contribution in [3.63, 3.8) is 0 Å². The van der Waals surface area contributed by atoms with Crippen LogP contribution in [0, 0.1) is 5.92 Å². The van der Waals surface area contributed by atoms with Gasteiger partial charge in [0.2, 0.25) is 11.8 Å². The first-order chi connectivity index (χ1) is 14.1. The van der Waals surface area contributed by atoms with E-state index in [0.717, 1.165) is 25.9 Å². The van der Waals surface area contributed by atoms with Crippen LogP contribution in [0.3, 0.4) is 0 Å². The van der Waals surface area contributed by atoms with E-state index in [1.165, 1.54) is 10.4 Å². The molecule has 0 saturated carbocycles. The number of fused-ring (bicyclic) bond motifs is 2. The molecule has 0 aliphatic carbocycles. The Morgan fingerprint density at radius 1 is 1.24 bits per heavy atom. The van der Waals surface area contributed by atoms with Crippen molar-refractivity contribution in [1.82, 2.24) is 4.90 Å². The predicted molar refractivity (Wildman–Crippen MR) is 110 cm³/mol. The van der Waals surface area contributed by atoms with E-state index < -0.39 is 0 Å². The van der Waals surface area contributed by atoms with Gasteiger partial charge in [-0.1, -0.05) is 6.07 Å². The van der Waals surface area contributed by atoms with E-state index in [2.05, 4.69) is 11.4 Å². The molecule has 5 rings (SSSR count). The number of nitrogens with zero attached hydrogens (tertiary/aromatic N) is 2. The molecule has 2 saturated heterocycles. The van der Waals surface area contributed by atoms with Gasteiger partial charge in [-0.05, 0) is 42.0 Å². The van der Waals surface area contributed by atoms with Crippen LogP contribution in [0.15, 0.2) is 35.7 Å². The normalized spacial score (nSPS) is 23.4. The molecule has 1 unspecified atom stereocenters. The zero-order chi connectivity index (χ0) is 20.0. The van der Waals surface area contributed by atoms with Crippen LogP contribution in [0.5, 0.6) is 5.75 Å². The van der Waals surface area contributed by atoms with Gasteiger partial charge in [0.1, 0.15) is 5.75 Å². The van der Waals surface area contributed by atoms with Crippen molar-refractivity contribution in [1.29, 1.82) is 0 Å². The number of phenolic OH excluding ortho intramolecular Hbond substituents is 1. The van der Waals surface area contributed by atoms with E-state index in [-0.39, 0.29) is 35.5 Å². The third-order valence-corrected chi connectivity index (χ3v) is 7.42. The lowest BCUT2D eigenvalue weighted by Gasteiger charge is -2.44. The average Bonchev–Trinajstić information content (AvgIpc) is 3.36. The van der Waals surface area contributed by atoms with E-state index in [1.54, 1.807) is 40.5 Å². The van der Waals surface area contributed by atoms with Gasteiger partial charge < -0.3 is 19.6 Å². The van der Waals surface area contributed by atoms with Gasteiger partial charge in [0.25, 0.3) is 0 Å². The number of phenols is 1. The van der Waals surface area contributed by atoms with Crippen molar-refractivity contribution < 1.29 is 19.4 Å². The molecule has 1 atom stereocenters. The van der Waals surface area contributed by atoms with Crippen LogP contribution < -0.4 is 4.90 Å². The summed E-state index contributed by atoms with van der Waals surface area (Å²) in [6, 6.07) is 8.81. The number of rotatable bonds is 2. The van der Waals surface area contributed by atoms with E-state index in [9.17, 15) is 14.7 Å². The Bertz CT molecular complexity index is 948. The van der Waals surface area contributed by atoms with Crippen LogP contribution in [0.1, 0.15) is 29.7 Å². The van der Waals surface area contributed by atoms with Crippen LogP contribution in [-0.2, 0) is 26.3 Å². The maximum atomic E-state index is 13.1. The molecule has 1 N–H and O–H groups in total. The van der Waals surface area contributed by atoms with Crippen LogP contribution >= 0.6 is 11.3 Å². The molecule has 0 bridgehead atoms. The zero-order valence-corrected chi connectivity index (χ0v) is 17.0. The summed E-state index contributed by atoms with van der Waals surface area (Å²) >= 11 is 1.80. The van der Waals surface area contributed by atoms with Crippen molar-refractivity contribution in [3.8, 4) is 5.75 Å². The summed E-state index contributed by atoms with van der Waals surface area (Å²) in [5.41, 5.74) is 1.71. The lowest BCUT2D eigenvalue weighted by molar-refractivity contribution is -0.144. The molecular weight excluding hydrogens is 388 g/mol. The van der Waals surface area contributed by atoms with Gasteiger partial charge in [-0.25, -0.2) is 0 Å². The summed E-state index contributed by atoms with van der Waals surface area (Å²) in [4.78, 5) is 30.5. The topological polar surface area (TPSA) is 70.1 Å². The second-order valence-corrected chi connectivity index (χ2v) is 9.10. The summed E-state index contributed by atoms with van der Waals surface area (Å²) in [5.74, 6) is -0.229. The average molecular weight is 413 g/mol. The maximum absolute atomic E-state index is 13.1. The SMILES string of the molecule is O=C(C1CC(=O)N(c2cccc(O)c2)C1)N1CCC2(CC1)OCCc1sccc12. The molecule has 3 aliphatic heterocycles. The molecule has 6 nitrogen and oxygen atoms in total. The lowest BCUT2D eigenvalue weighted by atomic mass is 9.82. The number of ether oxygens (including phenoxy) is 1. The van der Waals surface area contributed by atoms with Crippen LogP contribution in [0.4, 0.5) is 5.69 Å². The fraction of sp³-hybridized carbons (Fsp3) is 0.455. The Balaban J connectivity index is 1.26. The van der Waals surface area contributed by atoms with E-state index in [1.807, 2.05) is 4.90 Å². The largest absolute Gasteiger partial charge is 0.508 e. The Morgan fingerprint density at radius 2 is 2.07 bits per heavy atom. The Kier molecular flexibility index (Phi) is 4.59. The number of amides is 2. The van der Waals surface area contributed by atoms with Gasteiger partial charge in [-0.3, -0.25) is 9.59 Å². The minimum Gasteiger partial charge on any atom is -0.508 e. The van der Waals surface area contributed by atoms with Gasteiger partial charge in [-0.2, -0.15) is 0 Å². The highest BCUT2D eigenvalue weighted by molar-refractivity contribution is 7.10. The molecule has 4 heterocycles. The minimum atomic E-state index is -0.331. The van der Waals surface area contributed by atoms with Crippen molar-refractivity contribution in [2.24, 2.45) is 5.92 Å². The summed E-state index contributed by atoms with van der Waals surface area (Å²) in [5, 5.41) is 11.8. The molecule has 2 amide bonds. The summed E-state index contributed by atoms with van der Waals surface area (Å²) in [6.07, 6.45) is 2.81. The first-order valence-corrected chi connectivity index (χ1v) is 11.0. The van der Waals surface area contributed by atoms with Gasteiger partial charge in [0.05, 0.1) is 18.1 Å². The van der Waals surface area contributed by atoms with Crippen LogP contribution in [-0.4, -0.2) is 48.1 Å². The molecule has 7 heteroatoms. The molecule has 2 fully saturated rings. The predicted octanol–water partition coefficient (Wildman–Crippen LogP) is 2.90. The third-order valence-electron chi connectivity index (χ3n) is 6.44. The first-order valence-electron chi connectivity index (χ1n) is 10.1. The number of carbonyl (C=O) groups excluding carboxylic acids is 2. The molecule has 29 heavy (non-hydrogen) atoms. The highest BCUT2D eigenvalue weighted by Gasteiger charge is 2.44. The molecular formula is C22H24N2O4S. The number of hydrogen-bond acceptors (Lipinski definition) is 5. The number of hydrogen-bond donors (Lipinski definition) is 1. The minimum absolute atomic E-state index is 0.0530. The molecule has 2 aromatic rings. The standard InChI is InChI=1S/C22H24N2O4S/c25-17-3-1-2-16(13-17)24-14-15(12-20(24)26)21(27)23-8-6-22(7-9-23)18-5-11-29-19(18)4-10-28-22/h1-3,5,11,13,15,25H,4,6-10,12,14H2. The fourth-order valence-electron chi connectivity index (χ4n) is 4.90. The maximum Gasteiger partial charge on any atom is 0.228 e. The number of thiophene rings is 1. The summed E-state index contributed by atoms with van der Waals surface area (Å²) in [7, 11) is 0. The second-order valence-electron chi connectivity index (χ2n) is 8.10. The number of anilines is 1. The summed E-state index contributed by atoms with van der Waals surface area (Å²) < 4.78 is 6.23. The fourth-order valence-corrected chi connectivity index (χ4v) is 5.85. The van der Waals surface area contributed by atoms with E-state index in [0.29, 0.717) is 25.3 Å². The quantitative estimate of drug-likeness (QED) is 0.824. The lowest BCUT2D eigenvalue weighted by Crippen LogP contribution is -2.49. The van der Waals surface area contributed by atoms with Gasteiger partial charge in [0.15, 0.2) is 0 Å². The van der Waals surface area contributed by atoms with Gasteiger partial charge >= 0.3 is 0 Å². The third kappa shape index (κ3) is 3.22. The molecule has 1 aromatic heterocycles. The summed E-state index contributed by atoms with van der Waals surface area (Å²) in [6.45, 7) is 2.43. The van der Waals surface area contributed by atoms with E-state index >= 15 is 0 Å². The van der Waals surface area contributed by atoms with Crippen molar-refractivity contribution in [2.45, 2.75) is 31.3 Å². The molecule has 0 radical (unpaired) electrons. The number of carbonyl (C=O) groups is 2. The Morgan fingerprint density at radius 3 is 2.86 bits per heavy atom. The molecule has 1 aromatic carbocycles. The number of piperidine rings is 1. The second kappa shape index (κ2) is 7.15. The Labute approximate surface area is 173 Å². The van der Waals surface area contributed by atoms with Crippen LogP contribution in [0.2, 0.25) is 0 Å². The van der Waals surface area contributed by atoms with Crippen molar-refractivity contribution >= 4 is 28.8 Å².